The first-order chi connectivity index (χ1) is 13.6. The van der Waals surface area contributed by atoms with Gasteiger partial charge in [-0.15, -0.1) is 0 Å². The lowest BCUT2D eigenvalue weighted by Gasteiger charge is -2.06. The first kappa shape index (κ1) is 20.5. The molecule has 1 heterocycles. The topological polar surface area (TPSA) is 59.9 Å². The second kappa shape index (κ2) is 9.79. The molecule has 1 saturated heterocycles. The number of rotatable bonds is 7. The molecule has 0 spiro atoms. The van der Waals surface area contributed by atoms with Gasteiger partial charge in [0.15, 0.2) is 5.17 Å². The molecule has 0 aromatic heterocycles. The van der Waals surface area contributed by atoms with E-state index in [0.29, 0.717) is 23.3 Å². The number of carbonyl (C=O) groups is 1. The van der Waals surface area contributed by atoms with Crippen LogP contribution in [0.5, 0.6) is 11.5 Å². The molecule has 28 heavy (non-hydrogen) atoms. The smallest absolute Gasteiger partial charge is 0.264 e. The lowest BCUT2D eigenvalue weighted by Crippen LogP contribution is -2.19. The van der Waals surface area contributed by atoms with Crippen molar-refractivity contribution in [2.75, 3.05) is 13.2 Å². The van der Waals surface area contributed by atoms with Gasteiger partial charge in [-0.3, -0.25) is 4.79 Å². The molecule has 144 valence electrons. The van der Waals surface area contributed by atoms with Gasteiger partial charge in [0.1, 0.15) is 18.1 Å². The van der Waals surface area contributed by atoms with E-state index in [1.807, 2.05) is 55.5 Å². The monoisotopic (exact) mass is 506 g/mol. The number of benzene rings is 2. The number of halogens is 1. The highest BCUT2D eigenvalue weighted by molar-refractivity contribution is 14.1. The van der Waals surface area contributed by atoms with Crippen molar-refractivity contribution in [1.82, 2.24) is 5.32 Å². The fourth-order valence-corrected chi connectivity index (χ4v) is 3.94. The van der Waals surface area contributed by atoms with Crippen molar-refractivity contribution >= 4 is 57.2 Å². The van der Waals surface area contributed by atoms with Crippen molar-refractivity contribution in [3.8, 4) is 11.5 Å². The molecule has 0 unspecified atom stereocenters. The van der Waals surface area contributed by atoms with Gasteiger partial charge in [-0.25, -0.2) is 4.99 Å². The maximum Gasteiger partial charge on any atom is 0.264 e. The molecule has 1 aliphatic rings. The van der Waals surface area contributed by atoms with Crippen LogP contribution in [0.1, 0.15) is 12.5 Å². The SMILES string of the molecule is C=CCOc1ccc(/C=C2/SC(=Nc3ccc(OCC)cc3)NC2=O)cc1I. The first-order valence-electron chi connectivity index (χ1n) is 8.64. The average molecular weight is 506 g/mol. The number of thioether (sulfide) groups is 1. The largest absolute Gasteiger partial charge is 0.494 e. The van der Waals surface area contributed by atoms with Crippen LogP contribution in [0.2, 0.25) is 0 Å². The molecule has 1 aliphatic heterocycles. The highest BCUT2D eigenvalue weighted by Crippen LogP contribution is 2.30. The fourth-order valence-electron chi connectivity index (χ4n) is 2.41. The number of amides is 1. The summed E-state index contributed by atoms with van der Waals surface area (Å²) in [4.78, 5) is 17.4. The Balaban J connectivity index is 1.73. The van der Waals surface area contributed by atoms with E-state index in [1.54, 1.807) is 6.08 Å². The van der Waals surface area contributed by atoms with Gasteiger partial charge >= 0.3 is 0 Å². The van der Waals surface area contributed by atoms with Crippen LogP contribution >= 0.6 is 34.4 Å². The Bertz CT molecular complexity index is 939. The molecule has 0 aliphatic carbocycles. The van der Waals surface area contributed by atoms with Gasteiger partial charge in [0.25, 0.3) is 5.91 Å². The summed E-state index contributed by atoms with van der Waals surface area (Å²) < 4.78 is 12.0. The number of carbonyl (C=O) groups excluding carboxylic acids is 1. The molecule has 1 fully saturated rings. The predicted molar refractivity (Wildman–Crippen MR) is 123 cm³/mol. The van der Waals surface area contributed by atoms with Gasteiger partial charge in [-0.1, -0.05) is 18.7 Å². The number of nitrogens with zero attached hydrogens (tertiary/aromatic N) is 1. The minimum Gasteiger partial charge on any atom is -0.494 e. The Kier molecular flexibility index (Phi) is 7.16. The molecule has 0 bridgehead atoms. The van der Waals surface area contributed by atoms with Crippen LogP contribution in [-0.4, -0.2) is 24.3 Å². The number of ether oxygens (including phenoxy) is 2. The van der Waals surface area contributed by atoms with Crippen LogP contribution in [-0.2, 0) is 4.79 Å². The quantitative estimate of drug-likeness (QED) is 0.321. The number of amidine groups is 1. The zero-order valence-electron chi connectivity index (χ0n) is 15.3. The molecule has 2 aromatic rings. The van der Waals surface area contributed by atoms with Crippen LogP contribution in [0.25, 0.3) is 6.08 Å². The Hall–Kier alpha value is -2.26. The minimum atomic E-state index is -0.156. The Morgan fingerprint density at radius 1 is 1.21 bits per heavy atom. The normalized spacial score (nSPS) is 16.3. The van der Waals surface area contributed by atoms with E-state index in [-0.39, 0.29) is 5.91 Å². The summed E-state index contributed by atoms with van der Waals surface area (Å²) in [6.45, 7) is 6.67. The fraction of sp³-hybridized carbons (Fsp3) is 0.143. The van der Waals surface area contributed by atoms with Gasteiger partial charge < -0.3 is 14.8 Å². The van der Waals surface area contributed by atoms with E-state index in [4.69, 9.17) is 9.47 Å². The molecule has 0 atom stereocenters. The van der Waals surface area contributed by atoms with Crippen LogP contribution < -0.4 is 14.8 Å². The van der Waals surface area contributed by atoms with E-state index in [0.717, 1.165) is 26.3 Å². The van der Waals surface area contributed by atoms with Crippen molar-refractivity contribution in [1.29, 1.82) is 0 Å². The summed E-state index contributed by atoms with van der Waals surface area (Å²) in [5.41, 5.74) is 1.68. The summed E-state index contributed by atoms with van der Waals surface area (Å²) in [5, 5.41) is 3.36. The van der Waals surface area contributed by atoms with Crippen molar-refractivity contribution in [3.05, 3.63) is 69.2 Å². The second-order valence-corrected chi connectivity index (χ2v) is 7.89. The van der Waals surface area contributed by atoms with Crippen molar-refractivity contribution in [2.45, 2.75) is 6.92 Å². The summed E-state index contributed by atoms with van der Waals surface area (Å²) in [7, 11) is 0. The van der Waals surface area contributed by atoms with Crippen molar-refractivity contribution in [3.63, 3.8) is 0 Å². The zero-order chi connectivity index (χ0) is 19.9. The molecule has 1 N–H and O–H groups in total. The molecule has 2 aromatic carbocycles. The van der Waals surface area contributed by atoms with E-state index >= 15 is 0 Å². The van der Waals surface area contributed by atoms with Crippen LogP contribution in [0.4, 0.5) is 5.69 Å². The molecule has 7 heteroatoms. The Labute approximate surface area is 182 Å². The van der Waals surface area contributed by atoms with Crippen LogP contribution in [0.15, 0.2) is 65.0 Å². The summed E-state index contributed by atoms with van der Waals surface area (Å²) in [6.07, 6.45) is 3.55. The molecule has 3 rings (SSSR count). The number of hydrogen-bond acceptors (Lipinski definition) is 5. The highest BCUT2D eigenvalue weighted by Gasteiger charge is 2.23. The van der Waals surface area contributed by atoms with Gasteiger partial charge in [0.05, 0.1) is 20.8 Å². The minimum absolute atomic E-state index is 0.156. The summed E-state index contributed by atoms with van der Waals surface area (Å²) in [6, 6.07) is 13.2. The zero-order valence-corrected chi connectivity index (χ0v) is 18.2. The van der Waals surface area contributed by atoms with Gasteiger partial charge in [0, 0.05) is 0 Å². The van der Waals surface area contributed by atoms with Crippen molar-refractivity contribution < 1.29 is 14.3 Å². The molecular weight excluding hydrogens is 487 g/mol. The molecule has 1 amide bonds. The Morgan fingerprint density at radius 3 is 2.68 bits per heavy atom. The third kappa shape index (κ3) is 5.39. The number of nitrogens with one attached hydrogen (secondary N) is 1. The molecule has 5 nitrogen and oxygen atoms in total. The third-order valence-corrected chi connectivity index (χ3v) is 5.39. The van der Waals surface area contributed by atoms with Gasteiger partial charge in [0.2, 0.25) is 0 Å². The lowest BCUT2D eigenvalue weighted by molar-refractivity contribution is -0.115. The standard InChI is InChI=1S/C21H19IN2O3S/c1-3-11-27-18-10-5-14(12-17(18)22)13-19-20(25)24-21(28-19)23-15-6-8-16(9-7-15)26-4-2/h3,5-10,12-13H,1,4,11H2,2H3,(H,23,24,25)/b19-13+. The number of aliphatic imine (C=N–C) groups is 1. The van der Waals surface area contributed by atoms with E-state index in [9.17, 15) is 4.79 Å². The summed E-state index contributed by atoms with van der Waals surface area (Å²) >= 11 is 3.53. The van der Waals surface area contributed by atoms with Crippen LogP contribution in [0, 0.1) is 3.57 Å². The number of hydrogen-bond donors (Lipinski definition) is 1. The molecule has 0 saturated carbocycles. The average Bonchev–Trinajstić information content (AvgIpc) is 3.02. The van der Waals surface area contributed by atoms with Gasteiger partial charge in [-0.2, -0.15) is 0 Å². The first-order valence-corrected chi connectivity index (χ1v) is 10.5. The Morgan fingerprint density at radius 2 is 2.00 bits per heavy atom. The maximum absolute atomic E-state index is 12.3. The van der Waals surface area contributed by atoms with E-state index in [1.165, 1.54) is 11.8 Å². The van der Waals surface area contributed by atoms with Crippen molar-refractivity contribution in [2.24, 2.45) is 4.99 Å². The molecule has 0 radical (unpaired) electrons. The third-order valence-electron chi connectivity index (χ3n) is 3.64. The maximum atomic E-state index is 12.3. The highest BCUT2D eigenvalue weighted by atomic mass is 127. The summed E-state index contributed by atoms with van der Waals surface area (Å²) in [5.74, 6) is 1.44. The van der Waals surface area contributed by atoms with E-state index < -0.39 is 0 Å². The predicted octanol–water partition coefficient (Wildman–Crippen LogP) is 5.15. The lowest BCUT2D eigenvalue weighted by atomic mass is 10.2. The molecular formula is C21H19IN2O3S. The van der Waals surface area contributed by atoms with Gasteiger partial charge in [-0.05, 0) is 89.3 Å². The van der Waals surface area contributed by atoms with E-state index in [2.05, 4.69) is 39.5 Å². The van der Waals surface area contributed by atoms with Crippen LogP contribution in [0.3, 0.4) is 0 Å². The second-order valence-electron chi connectivity index (χ2n) is 5.70.